The van der Waals surface area contributed by atoms with E-state index >= 15 is 0 Å². The summed E-state index contributed by atoms with van der Waals surface area (Å²) >= 11 is 0. The molecule has 1 aromatic heterocycles. The molecule has 1 saturated heterocycles. The van der Waals surface area contributed by atoms with E-state index in [2.05, 4.69) is 15.2 Å². The van der Waals surface area contributed by atoms with Crippen LogP contribution in [0.1, 0.15) is 43.0 Å². The zero-order valence-corrected chi connectivity index (χ0v) is 16.9. The highest BCUT2D eigenvalue weighted by atomic mass is 19.4. The lowest BCUT2D eigenvalue weighted by Crippen LogP contribution is -2.56. The van der Waals surface area contributed by atoms with Gasteiger partial charge in [0.25, 0.3) is 0 Å². The highest BCUT2D eigenvalue weighted by molar-refractivity contribution is 5.90. The standard InChI is InChI=1S/C21H27F3N4O/c1-4-28(5-2)20(29)25-12-9-14-13-7-6-8-16-18(13)15(10-17(14)27(3)11-12)19(26-16)21(22,23)24/h6-8,12,14,17,26H,4-5,9-11H2,1-3H3,(H,25,29)/t12-,14+,17+/m0/s1. The van der Waals surface area contributed by atoms with Gasteiger partial charge in [0.15, 0.2) is 0 Å². The molecule has 0 spiro atoms. The second kappa shape index (κ2) is 7.23. The van der Waals surface area contributed by atoms with Crippen molar-refractivity contribution in [1.82, 2.24) is 20.1 Å². The minimum Gasteiger partial charge on any atom is -0.351 e. The van der Waals surface area contributed by atoms with E-state index in [9.17, 15) is 18.0 Å². The molecule has 2 amide bonds. The summed E-state index contributed by atoms with van der Waals surface area (Å²) in [5, 5.41) is 3.84. The molecular weight excluding hydrogens is 381 g/mol. The van der Waals surface area contributed by atoms with E-state index in [0.29, 0.717) is 42.5 Å². The molecule has 3 atom stereocenters. The predicted octanol–water partition coefficient (Wildman–Crippen LogP) is 3.95. The van der Waals surface area contributed by atoms with E-state index in [-0.39, 0.29) is 24.0 Å². The van der Waals surface area contributed by atoms with Crippen LogP contribution in [0.3, 0.4) is 0 Å². The topological polar surface area (TPSA) is 51.4 Å². The van der Waals surface area contributed by atoms with Crippen LogP contribution in [0.25, 0.3) is 10.9 Å². The molecule has 1 aliphatic carbocycles. The van der Waals surface area contributed by atoms with E-state index in [0.717, 1.165) is 12.0 Å². The number of piperidine rings is 1. The highest BCUT2D eigenvalue weighted by Gasteiger charge is 2.44. The van der Waals surface area contributed by atoms with Crippen molar-refractivity contribution < 1.29 is 18.0 Å². The van der Waals surface area contributed by atoms with Crippen molar-refractivity contribution in [3.8, 4) is 0 Å². The van der Waals surface area contributed by atoms with Gasteiger partial charge in [-0.1, -0.05) is 12.1 Å². The van der Waals surface area contributed by atoms with Crippen LogP contribution in [0.4, 0.5) is 18.0 Å². The molecule has 8 heteroatoms. The number of nitrogens with zero attached hydrogens (tertiary/aromatic N) is 2. The first-order chi connectivity index (χ1) is 13.7. The van der Waals surface area contributed by atoms with Crippen LogP contribution >= 0.6 is 0 Å². The fourth-order valence-corrected chi connectivity index (χ4v) is 5.15. The lowest BCUT2D eigenvalue weighted by molar-refractivity contribution is -0.141. The van der Waals surface area contributed by atoms with Gasteiger partial charge in [0.05, 0.1) is 0 Å². The molecule has 1 aromatic carbocycles. The SMILES string of the molecule is CCN(CC)C(=O)N[C@H]1C[C@@H]2c3cccc4[nH]c(C(F)(F)F)c(c34)C[C@H]2N(C)C1. The van der Waals surface area contributed by atoms with Gasteiger partial charge in [-0.15, -0.1) is 0 Å². The molecule has 5 nitrogen and oxygen atoms in total. The summed E-state index contributed by atoms with van der Waals surface area (Å²) in [5.74, 6) is 0.0869. The first-order valence-electron chi connectivity index (χ1n) is 10.2. The second-order valence-corrected chi connectivity index (χ2v) is 8.12. The third-order valence-electron chi connectivity index (χ3n) is 6.51. The lowest BCUT2D eigenvalue weighted by Gasteiger charge is -2.46. The van der Waals surface area contributed by atoms with Gasteiger partial charge in [0, 0.05) is 48.5 Å². The Hall–Kier alpha value is -2.22. The number of nitrogens with one attached hydrogen (secondary N) is 2. The number of halogens is 3. The Kier molecular flexibility index (Phi) is 5.01. The van der Waals surface area contributed by atoms with Gasteiger partial charge in [-0.3, -0.25) is 0 Å². The molecule has 2 aliphatic rings. The van der Waals surface area contributed by atoms with Crippen LogP contribution in [0.15, 0.2) is 18.2 Å². The summed E-state index contributed by atoms with van der Waals surface area (Å²) in [7, 11) is 1.94. The molecule has 4 rings (SSSR count). The van der Waals surface area contributed by atoms with Crippen molar-refractivity contribution in [1.29, 1.82) is 0 Å². The van der Waals surface area contributed by atoms with Crippen molar-refractivity contribution in [3.63, 3.8) is 0 Å². The number of alkyl halides is 3. The number of urea groups is 1. The van der Waals surface area contributed by atoms with Gasteiger partial charge in [0.2, 0.25) is 0 Å². The smallest absolute Gasteiger partial charge is 0.351 e. The largest absolute Gasteiger partial charge is 0.431 e. The monoisotopic (exact) mass is 408 g/mol. The molecule has 2 N–H and O–H groups in total. The van der Waals surface area contributed by atoms with Crippen molar-refractivity contribution in [2.75, 3.05) is 26.7 Å². The molecule has 2 heterocycles. The van der Waals surface area contributed by atoms with E-state index in [1.165, 1.54) is 0 Å². The summed E-state index contributed by atoms with van der Waals surface area (Å²) in [6.45, 7) is 5.80. The average molecular weight is 408 g/mol. The van der Waals surface area contributed by atoms with Gasteiger partial charge in [-0.25, -0.2) is 4.79 Å². The Morgan fingerprint density at radius 1 is 1.31 bits per heavy atom. The Labute approximate surface area is 168 Å². The molecule has 0 saturated carbocycles. The molecule has 0 radical (unpaired) electrons. The average Bonchev–Trinajstić information content (AvgIpc) is 3.04. The van der Waals surface area contributed by atoms with Gasteiger partial charge in [-0.05, 0) is 50.9 Å². The molecule has 0 bridgehead atoms. The number of aromatic amines is 1. The van der Waals surface area contributed by atoms with Crippen LogP contribution in [0.2, 0.25) is 0 Å². The number of H-pyrrole nitrogens is 1. The highest BCUT2D eigenvalue weighted by Crippen LogP contribution is 2.47. The third-order valence-corrected chi connectivity index (χ3v) is 6.51. The quantitative estimate of drug-likeness (QED) is 0.808. The zero-order valence-electron chi connectivity index (χ0n) is 16.9. The Bertz CT molecular complexity index is 919. The number of aromatic nitrogens is 1. The summed E-state index contributed by atoms with van der Waals surface area (Å²) in [5.41, 5.74) is 1.25. The number of amides is 2. The Morgan fingerprint density at radius 3 is 2.69 bits per heavy atom. The summed E-state index contributed by atoms with van der Waals surface area (Å²) in [6.07, 6.45) is -3.30. The first kappa shape index (κ1) is 20.1. The molecular formula is C21H27F3N4O. The van der Waals surface area contributed by atoms with Gasteiger partial charge < -0.3 is 20.1 Å². The number of benzene rings is 1. The number of rotatable bonds is 3. The maximum Gasteiger partial charge on any atom is 0.431 e. The van der Waals surface area contributed by atoms with Crippen molar-refractivity contribution >= 4 is 16.9 Å². The fourth-order valence-electron chi connectivity index (χ4n) is 5.15. The molecule has 1 aliphatic heterocycles. The minimum atomic E-state index is -4.40. The number of carbonyl (C=O) groups is 1. The van der Waals surface area contributed by atoms with E-state index in [1.54, 1.807) is 11.0 Å². The van der Waals surface area contributed by atoms with Crippen molar-refractivity contribution in [2.45, 2.75) is 50.9 Å². The van der Waals surface area contributed by atoms with Crippen molar-refractivity contribution in [3.05, 3.63) is 35.0 Å². The van der Waals surface area contributed by atoms with Crippen LogP contribution < -0.4 is 5.32 Å². The summed E-state index contributed by atoms with van der Waals surface area (Å²) in [4.78, 5) is 19.0. The molecule has 158 valence electrons. The number of hydrogen-bond donors (Lipinski definition) is 2. The fraction of sp³-hybridized carbons (Fsp3) is 0.571. The summed E-state index contributed by atoms with van der Waals surface area (Å²) < 4.78 is 40.8. The van der Waals surface area contributed by atoms with Gasteiger partial charge >= 0.3 is 12.2 Å². The number of likely N-dealkylation sites (N-methyl/N-ethyl adjacent to an activating group) is 1. The van der Waals surface area contributed by atoms with Gasteiger partial charge in [-0.2, -0.15) is 13.2 Å². The zero-order chi connectivity index (χ0) is 20.9. The molecule has 29 heavy (non-hydrogen) atoms. The summed E-state index contributed by atoms with van der Waals surface area (Å²) in [6, 6.07) is 5.35. The van der Waals surface area contributed by atoms with Crippen molar-refractivity contribution in [2.24, 2.45) is 0 Å². The molecule has 2 aromatic rings. The minimum absolute atomic E-state index is 0.00777. The maximum absolute atomic E-state index is 13.6. The Morgan fingerprint density at radius 2 is 2.03 bits per heavy atom. The molecule has 0 unspecified atom stereocenters. The Balaban J connectivity index is 1.68. The van der Waals surface area contributed by atoms with Gasteiger partial charge in [0.1, 0.15) is 5.69 Å². The number of likely N-dealkylation sites (tertiary alicyclic amines) is 1. The van der Waals surface area contributed by atoms with E-state index in [4.69, 9.17) is 0 Å². The maximum atomic E-state index is 13.6. The van der Waals surface area contributed by atoms with E-state index < -0.39 is 11.9 Å². The number of fused-ring (bicyclic) bond motifs is 2. The third kappa shape index (κ3) is 3.37. The number of hydrogen-bond acceptors (Lipinski definition) is 2. The van der Waals surface area contributed by atoms with Crippen LogP contribution in [-0.4, -0.2) is 59.6 Å². The molecule has 1 fully saturated rings. The van der Waals surface area contributed by atoms with Crippen LogP contribution in [0, 0.1) is 0 Å². The lowest BCUT2D eigenvalue weighted by atomic mass is 9.73. The normalized spacial score (nSPS) is 24.4. The van der Waals surface area contributed by atoms with Crippen LogP contribution in [-0.2, 0) is 12.6 Å². The number of carbonyl (C=O) groups excluding carboxylic acids is 1. The first-order valence-corrected chi connectivity index (χ1v) is 10.2. The predicted molar refractivity (Wildman–Crippen MR) is 106 cm³/mol. The van der Waals surface area contributed by atoms with Crippen LogP contribution in [0.5, 0.6) is 0 Å². The van der Waals surface area contributed by atoms with E-state index in [1.807, 2.05) is 33.0 Å². The second-order valence-electron chi connectivity index (χ2n) is 8.12.